The van der Waals surface area contributed by atoms with E-state index in [1.807, 2.05) is 0 Å². The molecule has 0 spiro atoms. The number of aliphatic imine (C=N–C) groups is 1. The Kier molecular flexibility index (Phi) is 4.74. The van der Waals surface area contributed by atoms with Gasteiger partial charge in [-0.15, -0.1) is 0 Å². The van der Waals surface area contributed by atoms with Gasteiger partial charge in [-0.1, -0.05) is 12.1 Å². The van der Waals surface area contributed by atoms with Crippen molar-refractivity contribution in [1.82, 2.24) is 5.32 Å². The fraction of sp³-hybridized carbons (Fsp3) is 0.111. The maximum Gasteiger partial charge on any atom is 0.335 e. The maximum absolute atomic E-state index is 12.9. The van der Waals surface area contributed by atoms with Crippen molar-refractivity contribution < 1.29 is 23.5 Å². The van der Waals surface area contributed by atoms with Gasteiger partial charge in [-0.05, 0) is 36.4 Å². The van der Waals surface area contributed by atoms with Crippen LogP contribution in [0.3, 0.4) is 0 Å². The molecule has 2 aromatic carbocycles. The molecule has 0 radical (unpaired) electrons. The molecule has 26 heavy (non-hydrogen) atoms. The van der Waals surface area contributed by atoms with Crippen LogP contribution in [0.15, 0.2) is 53.5 Å². The van der Waals surface area contributed by atoms with E-state index in [2.05, 4.69) is 10.3 Å². The van der Waals surface area contributed by atoms with Gasteiger partial charge in [0.15, 0.2) is 5.92 Å². The second-order valence-corrected chi connectivity index (χ2v) is 5.37. The van der Waals surface area contributed by atoms with Crippen molar-refractivity contribution in [2.45, 2.75) is 0 Å². The van der Waals surface area contributed by atoms with E-state index in [1.165, 1.54) is 37.4 Å². The fourth-order valence-corrected chi connectivity index (χ4v) is 2.45. The van der Waals surface area contributed by atoms with Crippen LogP contribution in [0.2, 0.25) is 0 Å². The fourth-order valence-electron chi connectivity index (χ4n) is 2.45. The van der Waals surface area contributed by atoms with Crippen molar-refractivity contribution in [3.05, 3.63) is 54.3 Å². The molecule has 2 aromatic rings. The molecule has 0 aliphatic carbocycles. The van der Waals surface area contributed by atoms with E-state index in [-0.39, 0.29) is 5.69 Å². The molecule has 1 saturated heterocycles. The van der Waals surface area contributed by atoms with Crippen molar-refractivity contribution >= 4 is 35.4 Å². The highest BCUT2D eigenvalue weighted by atomic mass is 19.1. The van der Waals surface area contributed by atoms with E-state index in [0.717, 1.165) is 11.1 Å². The van der Waals surface area contributed by atoms with Crippen molar-refractivity contribution in [2.24, 2.45) is 10.9 Å². The number of para-hydroxylation sites is 2. The molecule has 0 saturated carbocycles. The van der Waals surface area contributed by atoms with E-state index in [9.17, 15) is 18.8 Å². The molecule has 0 aromatic heterocycles. The number of carbonyl (C=O) groups excluding carboxylic acids is 3. The number of nitrogens with zero attached hydrogens (tertiary/aromatic N) is 2. The maximum atomic E-state index is 12.9. The third kappa shape index (κ3) is 3.30. The highest BCUT2D eigenvalue weighted by Gasteiger charge is 2.41. The second-order valence-electron chi connectivity index (χ2n) is 5.37. The third-order valence-electron chi connectivity index (χ3n) is 3.73. The summed E-state index contributed by atoms with van der Waals surface area (Å²) in [5.74, 6) is -2.96. The van der Waals surface area contributed by atoms with Crippen molar-refractivity contribution in [2.75, 3.05) is 12.0 Å². The van der Waals surface area contributed by atoms with Crippen LogP contribution in [-0.2, 0) is 9.59 Å². The van der Waals surface area contributed by atoms with Gasteiger partial charge in [0, 0.05) is 6.21 Å². The quantitative estimate of drug-likeness (QED) is 0.674. The summed E-state index contributed by atoms with van der Waals surface area (Å²) < 4.78 is 18.1. The Balaban J connectivity index is 1.91. The van der Waals surface area contributed by atoms with Crippen LogP contribution >= 0.6 is 0 Å². The smallest absolute Gasteiger partial charge is 0.335 e. The van der Waals surface area contributed by atoms with Gasteiger partial charge in [0.2, 0.25) is 5.91 Å². The summed E-state index contributed by atoms with van der Waals surface area (Å²) in [7, 11) is 1.41. The van der Waals surface area contributed by atoms with Crippen molar-refractivity contribution in [3.63, 3.8) is 0 Å². The number of imide groups is 2. The Morgan fingerprint density at radius 2 is 1.81 bits per heavy atom. The summed E-state index contributed by atoms with van der Waals surface area (Å²) in [4.78, 5) is 41.8. The van der Waals surface area contributed by atoms with Crippen LogP contribution < -0.4 is 15.0 Å². The highest BCUT2D eigenvalue weighted by Crippen LogP contribution is 2.30. The van der Waals surface area contributed by atoms with Gasteiger partial charge in [-0.2, -0.15) is 0 Å². The molecular weight excluding hydrogens is 341 g/mol. The number of amides is 4. The number of nitrogens with one attached hydrogen (secondary N) is 1. The molecule has 8 heteroatoms. The molecule has 1 aliphatic heterocycles. The minimum atomic E-state index is -1.30. The Bertz CT molecular complexity index is 896. The molecule has 4 amide bonds. The predicted molar refractivity (Wildman–Crippen MR) is 92.1 cm³/mol. The van der Waals surface area contributed by atoms with Crippen LogP contribution in [0.4, 0.5) is 20.6 Å². The first-order valence-corrected chi connectivity index (χ1v) is 7.63. The number of methoxy groups -OCH3 is 1. The molecule has 7 nitrogen and oxygen atoms in total. The number of carbonyl (C=O) groups is 3. The zero-order chi connectivity index (χ0) is 18.7. The summed E-state index contributed by atoms with van der Waals surface area (Å²) in [5.41, 5.74) is 0.581. The van der Waals surface area contributed by atoms with Gasteiger partial charge in [0.25, 0.3) is 5.91 Å². The average Bonchev–Trinajstić information content (AvgIpc) is 2.63. The van der Waals surface area contributed by atoms with Gasteiger partial charge in [0.05, 0.1) is 18.5 Å². The average molecular weight is 355 g/mol. The number of benzene rings is 2. The minimum Gasteiger partial charge on any atom is -0.495 e. The SMILES string of the molecule is COc1ccccc1N1C(=O)NC(=O)[C@H](C=Nc2ccc(F)cc2)C1=O. The molecule has 1 atom stereocenters. The number of ether oxygens (including phenoxy) is 1. The van der Waals surface area contributed by atoms with Gasteiger partial charge in [-0.25, -0.2) is 14.1 Å². The zero-order valence-corrected chi connectivity index (χ0v) is 13.7. The van der Waals surface area contributed by atoms with Crippen molar-refractivity contribution in [1.29, 1.82) is 0 Å². The summed E-state index contributed by atoms with van der Waals surface area (Å²) in [6.07, 6.45) is 1.12. The first-order valence-electron chi connectivity index (χ1n) is 7.63. The number of rotatable bonds is 4. The number of halogens is 1. The lowest BCUT2D eigenvalue weighted by atomic mass is 10.1. The summed E-state index contributed by atoms with van der Waals surface area (Å²) in [6.45, 7) is 0. The van der Waals surface area contributed by atoms with Gasteiger partial charge >= 0.3 is 6.03 Å². The molecule has 1 heterocycles. The number of hydrogen-bond acceptors (Lipinski definition) is 5. The van der Waals surface area contributed by atoms with Crippen LogP contribution in [-0.4, -0.2) is 31.2 Å². The van der Waals surface area contributed by atoms with Gasteiger partial charge < -0.3 is 4.74 Å². The van der Waals surface area contributed by atoms with Gasteiger partial charge in [0.1, 0.15) is 11.6 Å². The minimum absolute atomic E-state index is 0.213. The lowest BCUT2D eigenvalue weighted by Gasteiger charge is -2.29. The monoisotopic (exact) mass is 355 g/mol. The van der Waals surface area contributed by atoms with Crippen LogP contribution in [0, 0.1) is 11.7 Å². The first kappa shape index (κ1) is 17.3. The van der Waals surface area contributed by atoms with E-state index in [1.54, 1.807) is 18.2 Å². The standard InChI is InChI=1S/C18H14FN3O4/c1-26-15-5-3-2-4-14(15)22-17(24)13(16(23)21-18(22)25)10-20-12-8-6-11(19)7-9-12/h2-10,13H,1H3,(H,21,23,25)/t13-/m0/s1. The summed E-state index contributed by atoms with van der Waals surface area (Å²) in [6, 6.07) is 10.8. The topological polar surface area (TPSA) is 88.1 Å². The number of anilines is 1. The highest BCUT2D eigenvalue weighted by molar-refractivity contribution is 6.33. The third-order valence-corrected chi connectivity index (χ3v) is 3.73. The summed E-state index contributed by atoms with van der Waals surface area (Å²) >= 11 is 0. The molecule has 0 bridgehead atoms. The molecule has 132 valence electrons. The largest absolute Gasteiger partial charge is 0.495 e. The van der Waals surface area contributed by atoms with Crippen LogP contribution in [0.1, 0.15) is 0 Å². The Hall–Kier alpha value is -3.55. The lowest BCUT2D eigenvalue weighted by Crippen LogP contribution is -2.58. The lowest BCUT2D eigenvalue weighted by molar-refractivity contribution is -0.131. The predicted octanol–water partition coefficient (Wildman–Crippen LogP) is 2.44. The number of urea groups is 1. The first-order chi connectivity index (χ1) is 12.5. The molecule has 0 unspecified atom stereocenters. The molecule has 3 rings (SSSR count). The molecule has 1 aliphatic rings. The van der Waals surface area contributed by atoms with E-state index < -0.39 is 29.6 Å². The van der Waals surface area contributed by atoms with Crippen LogP contribution in [0.5, 0.6) is 5.75 Å². The number of hydrogen-bond donors (Lipinski definition) is 1. The van der Waals surface area contributed by atoms with Gasteiger partial charge in [-0.3, -0.25) is 19.9 Å². The second kappa shape index (κ2) is 7.14. The number of barbiturate groups is 1. The Morgan fingerprint density at radius 1 is 1.12 bits per heavy atom. The molecular formula is C18H14FN3O4. The Labute approximate surface area is 148 Å². The zero-order valence-electron chi connectivity index (χ0n) is 13.7. The summed E-state index contributed by atoms with van der Waals surface area (Å²) in [5, 5.41) is 2.13. The normalized spacial score (nSPS) is 17.5. The van der Waals surface area contributed by atoms with Crippen molar-refractivity contribution in [3.8, 4) is 5.75 Å². The van der Waals surface area contributed by atoms with E-state index >= 15 is 0 Å². The van der Waals surface area contributed by atoms with E-state index in [4.69, 9.17) is 4.74 Å². The molecule has 1 fully saturated rings. The van der Waals surface area contributed by atoms with Crippen LogP contribution in [0.25, 0.3) is 0 Å². The molecule has 1 N–H and O–H groups in total. The van der Waals surface area contributed by atoms with E-state index in [0.29, 0.717) is 11.4 Å². The Morgan fingerprint density at radius 3 is 2.50 bits per heavy atom.